The molecule has 4 aromatic rings. The summed E-state index contributed by atoms with van der Waals surface area (Å²) in [6.45, 7) is 23.0. The molecule has 4 aromatic carbocycles. The Labute approximate surface area is 299 Å². The topological polar surface area (TPSA) is 98.6 Å². The lowest BCUT2D eigenvalue weighted by Gasteiger charge is -2.08. The summed E-state index contributed by atoms with van der Waals surface area (Å²) in [5, 5.41) is 13.5. The van der Waals surface area contributed by atoms with E-state index in [0.29, 0.717) is 26.9 Å². The third-order valence-corrected chi connectivity index (χ3v) is 9.87. The van der Waals surface area contributed by atoms with Crippen molar-refractivity contribution in [1.29, 1.82) is 0 Å². The number of rotatable bonds is 2. The number of halogens is 4. The average Bonchev–Trinajstić information content (AvgIpc) is 2.98. The Morgan fingerprint density at radius 3 is 1.40 bits per heavy atom. The Hall–Kier alpha value is -3.38. The molecule has 0 spiro atoms. The molecular weight excluding hydrogens is 676 g/mol. The fraction of sp³-hybridized carbons (Fsp3) is 0.324. The fourth-order valence-corrected chi connectivity index (χ4v) is 5.69. The van der Waals surface area contributed by atoms with Crippen LogP contribution in [0, 0.1) is 93.2 Å². The number of benzene rings is 4. The van der Waals surface area contributed by atoms with Gasteiger partial charge in [-0.15, -0.1) is 0 Å². The van der Waals surface area contributed by atoms with E-state index in [1.54, 1.807) is 19.9 Å². The zero-order valence-corrected chi connectivity index (χ0v) is 32.1. The fourth-order valence-electron chi connectivity index (χ4n) is 5.14. The molecule has 0 amide bonds. The van der Waals surface area contributed by atoms with Crippen LogP contribution in [0.5, 0.6) is 0 Å². The van der Waals surface area contributed by atoms with Gasteiger partial charge in [-0.05, 0) is 139 Å². The second kappa shape index (κ2) is 18.2. The minimum atomic E-state index is -0.393. The van der Waals surface area contributed by atoms with Crippen LogP contribution >= 0.6 is 46.4 Å². The van der Waals surface area contributed by atoms with Crippen molar-refractivity contribution in [2.45, 2.75) is 83.1 Å². The molecule has 0 atom stereocenters. The minimum Gasteiger partial charge on any atom is -0.398 e. The number of anilines is 1. The van der Waals surface area contributed by atoms with Crippen molar-refractivity contribution in [3.8, 4) is 0 Å². The van der Waals surface area contributed by atoms with Gasteiger partial charge >= 0.3 is 0 Å². The first-order valence-electron chi connectivity index (χ1n) is 14.7. The second-order valence-corrected chi connectivity index (χ2v) is 13.1. The van der Waals surface area contributed by atoms with Gasteiger partial charge < -0.3 is 5.73 Å². The number of hydrogen-bond acceptors (Lipinski definition) is 5. The zero-order valence-electron chi connectivity index (χ0n) is 29.1. The maximum atomic E-state index is 10.7. The van der Waals surface area contributed by atoms with Gasteiger partial charge in [0.1, 0.15) is 0 Å². The molecule has 0 bridgehead atoms. The monoisotopic (exact) mass is 717 g/mol. The molecule has 0 fully saturated rings. The molecule has 2 N–H and O–H groups in total. The van der Waals surface area contributed by atoms with Gasteiger partial charge in [0.15, 0.2) is 0 Å². The third-order valence-electron chi connectivity index (χ3n) is 7.53. The molecule has 47 heavy (non-hydrogen) atoms. The van der Waals surface area contributed by atoms with Gasteiger partial charge in [-0.2, -0.15) is 4.99 Å². The van der Waals surface area contributed by atoms with Crippen LogP contribution in [0.1, 0.15) is 66.8 Å². The molecule has 0 heterocycles. The lowest BCUT2D eigenvalue weighted by atomic mass is 10.1. The van der Waals surface area contributed by atoms with Gasteiger partial charge in [-0.3, -0.25) is 10.1 Å². The van der Waals surface area contributed by atoms with Crippen molar-refractivity contribution < 1.29 is 9.72 Å². The number of nitrogens with zero attached hydrogens (tertiary/aromatic N) is 2. The van der Waals surface area contributed by atoms with E-state index >= 15 is 0 Å². The number of nitrogens with two attached hydrogens (primary N) is 1. The number of aryl methyl sites for hydroxylation is 9. The van der Waals surface area contributed by atoms with E-state index in [4.69, 9.17) is 52.1 Å². The predicted molar refractivity (Wildman–Crippen MR) is 202 cm³/mol. The molecule has 6 nitrogen and oxygen atoms in total. The first kappa shape index (κ1) is 41.6. The predicted octanol–water partition coefficient (Wildman–Crippen LogP) is 12.5. The molecule has 0 aliphatic carbocycles. The molecule has 0 saturated carbocycles. The lowest BCUT2D eigenvalue weighted by molar-refractivity contribution is -0.386. The highest BCUT2D eigenvalue weighted by Gasteiger charge is 2.18. The van der Waals surface area contributed by atoms with Crippen LogP contribution in [0.4, 0.5) is 17.1 Å². The number of nitrogen functional groups attached to an aromatic ring is 1. The average molecular weight is 720 g/mol. The van der Waals surface area contributed by atoms with Crippen molar-refractivity contribution in [3.05, 3.63) is 127 Å². The van der Waals surface area contributed by atoms with Gasteiger partial charge in [0.2, 0.25) is 6.08 Å². The first-order chi connectivity index (χ1) is 21.7. The summed E-state index contributed by atoms with van der Waals surface area (Å²) in [5.41, 5.74) is 19.0. The van der Waals surface area contributed by atoms with E-state index in [2.05, 4.69) is 24.0 Å². The summed E-state index contributed by atoms with van der Waals surface area (Å²) in [6, 6.07) is 9.83. The smallest absolute Gasteiger partial charge is 0.276 e. The Bertz CT molecular complexity index is 1740. The largest absolute Gasteiger partial charge is 0.398 e. The Morgan fingerprint density at radius 1 is 0.574 bits per heavy atom. The van der Waals surface area contributed by atoms with Crippen LogP contribution in [-0.2, 0) is 4.79 Å². The van der Waals surface area contributed by atoms with E-state index in [1.165, 1.54) is 22.8 Å². The molecule has 0 saturated heterocycles. The van der Waals surface area contributed by atoms with Crippen molar-refractivity contribution in [2.24, 2.45) is 4.99 Å². The maximum absolute atomic E-state index is 10.7. The highest BCUT2D eigenvalue weighted by Crippen LogP contribution is 2.33. The van der Waals surface area contributed by atoms with Crippen molar-refractivity contribution in [3.63, 3.8) is 0 Å². The third kappa shape index (κ3) is 11.1. The maximum Gasteiger partial charge on any atom is 0.276 e. The number of hydrogen-bond donors (Lipinski definition) is 1. The SMILES string of the molecule is Cc1cc(C)c(Cl)c(C)c1.Cc1cc(C)c(Cl)c(C)c1N.Cc1cc(C)c(N=C=O)c(C)c1Cl.Cc1cc(C)c([N+](=O)[O-])c(C)c1Cl. The van der Waals surface area contributed by atoms with E-state index in [0.717, 1.165) is 54.7 Å². The van der Waals surface area contributed by atoms with E-state index in [1.807, 2.05) is 74.4 Å². The molecule has 10 heteroatoms. The summed E-state index contributed by atoms with van der Waals surface area (Å²) in [7, 11) is 0. The van der Waals surface area contributed by atoms with E-state index in [9.17, 15) is 14.9 Å². The number of aliphatic imine (C=N–C) groups is 1. The molecule has 252 valence electrons. The zero-order chi connectivity index (χ0) is 36.5. The molecule has 0 unspecified atom stereocenters. The molecular formula is C37H43Cl4N3O3. The Balaban J connectivity index is 0.000000315. The van der Waals surface area contributed by atoms with Crippen molar-refractivity contribution >= 4 is 69.5 Å². The van der Waals surface area contributed by atoms with Crippen molar-refractivity contribution in [1.82, 2.24) is 0 Å². The summed E-state index contributed by atoms with van der Waals surface area (Å²) in [5.74, 6) is 0. The Kier molecular flexibility index (Phi) is 16.2. The molecule has 0 aliphatic heterocycles. The second-order valence-electron chi connectivity index (χ2n) is 11.6. The lowest BCUT2D eigenvalue weighted by Crippen LogP contribution is -1.97. The normalized spacial score (nSPS) is 9.96. The van der Waals surface area contributed by atoms with Gasteiger partial charge in [-0.1, -0.05) is 76.2 Å². The van der Waals surface area contributed by atoms with E-state index in [-0.39, 0.29) is 5.69 Å². The van der Waals surface area contributed by atoms with Crippen LogP contribution in [0.2, 0.25) is 20.1 Å². The highest BCUT2D eigenvalue weighted by molar-refractivity contribution is 6.33. The Morgan fingerprint density at radius 2 is 0.957 bits per heavy atom. The number of nitro groups is 1. The quantitative estimate of drug-likeness (QED) is 0.0733. The molecule has 0 aromatic heterocycles. The van der Waals surface area contributed by atoms with Crippen LogP contribution in [0.3, 0.4) is 0 Å². The minimum absolute atomic E-state index is 0.121. The van der Waals surface area contributed by atoms with Crippen molar-refractivity contribution in [2.75, 3.05) is 5.73 Å². The summed E-state index contributed by atoms with van der Waals surface area (Å²) >= 11 is 23.8. The molecule has 4 rings (SSSR count). The van der Waals surface area contributed by atoms with Gasteiger partial charge in [-0.25, -0.2) is 4.79 Å². The van der Waals surface area contributed by atoms with Crippen LogP contribution < -0.4 is 5.73 Å². The van der Waals surface area contributed by atoms with E-state index < -0.39 is 4.92 Å². The number of nitro benzene ring substituents is 1. The van der Waals surface area contributed by atoms with Crippen LogP contribution in [0.25, 0.3) is 0 Å². The van der Waals surface area contributed by atoms with Gasteiger partial charge in [0.05, 0.1) is 15.6 Å². The summed E-state index contributed by atoms with van der Waals surface area (Å²) in [4.78, 5) is 24.0. The summed E-state index contributed by atoms with van der Waals surface area (Å²) < 4.78 is 0. The van der Waals surface area contributed by atoms with Gasteiger partial charge in [0, 0.05) is 31.9 Å². The van der Waals surface area contributed by atoms with Gasteiger partial charge in [0.25, 0.3) is 5.69 Å². The number of carbonyl (C=O) groups excluding carboxylic acids is 1. The highest BCUT2D eigenvalue weighted by atomic mass is 35.5. The standard InChI is InChI=1S/C10H10ClNO.C9H10ClNO2.C9H12ClN.C9H11Cl/c1-6-4-7(2)10(12-5-13)8(3)9(6)11;1-5-4-6(2)9(11(12)13)7(3)8(5)10;1-5-4-6(2)9(11)7(3)8(5)10;1-6-4-7(2)9(10)8(3)5-6/h2*4H,1-3H3;4H,11H2,1-3H3;4-5H,1-3H3. The van der Waals surface area contributed by atoms with Crippen LogP contribution in [-0.4, -0.2) is 11.0 Å². The molecule has 0 radical (unpaired) electrons. The first-order valence-corrected chi connectivity index (χ1v) is 16.2. The summed E-state index contributed by atoms with van der Waals surface area (Å²) in [6.07, 6.45) is 1.53. The van der Waals surface area contributed by atoms with Crippen LogP contribution in [0.15, 0.2) is 35.3 Å². The number of isocyanates is 1. The molecule has 0 aliphatic rings.